The topological polar surface area (TPSA) is 57.5 Å². The van der Waals surface area contributed by atoms with Gasteiger partial charge in [0.15, 0.2) is 0 Å². The van der Waals surface area contributed by atoms with Crippen LogP contribution < -0.4 is 5.73 Å². The normalized spacial score (nSPS) is 4.67. The third-order valence-electron chi connectivity index (χ3n) is 0.500. The molecule has 4 N–H and O–H groups in total. The van der Waals surface area contributed by atoms with Gasteiger partial charge in [0.1, 0.15) is 0 Å². The van der Waals surface area contributed by atoms with Crippen molar-refractivity contribution >= 4 is 0 Å². The molecule has 9 heavy (non-hydrogen) atoms. The molecule has 0 unspecified atom stereocenters. The highest BCUT2D eigenvalue weighted by Crippen LogP contribution is 1.76. The zero-order valence-corrected chi connectivity index (χ0v) is 7.49. The smallest absolute Gasteiger partial charge is 0.0195 e. The summed E-state index contributed by atoms with van der Waals surface area (Å²) < 4.78 is 0. The van der Waals surface area contributed by atoms with Crippen LogP contribution in [0.1, 0.15) is 40.5 Å². The van der Waals surface area contributed by atoms with E-state index in [4.69, 9.17) is 0 Å². The van der Waals surface area contributed by atoms with Gasteiger partial charge in [-0.25, -0.2) is 0 Å². The monoisotopic (exact) mass is 137 g/mol. The van der Waals surface area contributed by atoms with Gasteiger partial charge in [-0.05, 0) is 7.05 Å². The minimum atomic E-state index is 0. The Morgan fingerprint density at radius 3 is 1.00 bits per heavy atom. The molecular weight excluding hydrogens is 114 g/mol. The molecule has 0 amide bonds. The Hall–Kier alpha value is -0.0800. The fourth-order valence-electron chi connectivity index (χ4n) is 0. The van der Waals surface area contributed by atoms with Crippen molar-refractivity contribution in [2.75, 3.05) is 7.05 Å². The molecule has 0 aromatic heterocycles. The lowest BCUT2D eigenvalue weighted by Gasteiger charge is -1.68. The van der Waals surface area contributed by atoms with E-state index < -0.39 is 0 Å². The van der Waals surface area contributed by atoms with Crippen LogP contribution in [0.25, 0.3) is 0 Å². The minimum absolute atomic E-state index is 0. The molecule has 0 radical (unpaired) electrons. The maximum Gasteiger partial charge on any atom is -0.0195 e. The van der Waals surface area contributed by atoms with Crippen LogP contribution in [0, 0.1) is 0 Å². The van der Waals surface area contributed by atoms with Gasteiger partial charge in [0, 0.05) is 0 Å². The van der Waals surface area contributed by atoms with E-state index in [1.54, 1.807) is 0 Å². The van der Waals surface area contributed by atoms with Gasteiger partial charge in [0.2, 0.25) is 0 Å². The van der Waals surface area contributed by atoms with E-state index in [9.17, 15) is 0 Å². The molecule has 0 spiro atoms. The lowest BCUT2D eigenvalue weighted by molar-refractivity contribution is 0.824. The summed E-state index contributed by atoms with van der Waals surface area (Å²) in [6, 6.07) is 0. The van der Waals surface area contributed by atoms with Crippen molar-refractivity contribution in [3.05, 3.63) is 0 Å². The molecule has 0 bridgehead atoms. The first-order valence-electron chi connectivity index (χ1n) is 3.49. The molecule has 62 valence electrons. The summed E-state index contributed by atoms with van der Waals surface area (Å²) in [6.45, 7) is 8.36. The summed E-state index contributed by atoms with van der Waals surface area (Å²) in [5, 5.41) is 0. The van der Waals surface area contributed by atoms with Crippen LogP contribution in [0.5, 0.6) is 0 Å². The van der Waals surface area contributed by atoms with Crippen LogP contribution in [-0.4, -0.2) is 12.5 Å². The number of hydrogen-bond donors (Lipinski definition) is 1. The van der Waals surface area contributed by atoms with Crippen LogP contribution in [0.2, 0.25) is 0 Å². The first-order valence-corrected chi connectivity index (χ1v) is 3.49. The Labute approximate surface area is 59.8 Å². The van der Waals surface area contributed by atoms with Crippen LogP contribution in [0.3, 0.4) is 0 Å². The average Bonchev–Trinajstić information content (AvgIpc) is 1.96. The summed E-state index contributed by atoms with van der Waals surface area (Å²) in [7, 11) is 1.50. The van der Waals surface area contributed by atoms with E-state index in [2.05, 4.69) is 19.6 Å². The Morgan fingerprint density at radius 2 is 1.00 bits per heavy atom. The Balaban J connectivity index is -0.0000000221. The summed E-state index contributed by atoms with van der Waals surface area (Å²) in [5.41, 5.74) is 4.50. The molecule has 2 nitrogen and oxygen atoms in total. The van der Waals surface area contributed by atoms with Crippen molar-refractivity contribution in [2.24, 2.45) is 5.73 Å². The molecule has 0 heterocycles. The molecule has 0 aromatic rings. The lowest BCUT2D eigenvalue weighted by atomic mass is 10.4. The van der Waals surface area contributed by atoms with E-state index in [-0.39, 0.29) is 5.48 Å². The average molecular weight is 137 g/mol. The van der Waals surface area contributed by atoms with E-state index in [0.29, 0.717) is 0 Å². The van der Waals surface area contributed by atoms with Crippen molar-refractivity contribution < 1.29 is 5.48 Å². The zero-order chi connectivity index (χ0) is 7.41. The van der Waals surface area contributed by atoms with Crippen molar-refractivity contribution in [3.63, 3.8) is 0 Å². The van der Waals surface area contributed by atoms with Crippen LogP contribution in [-0.2, 0) is 0 Å². The van der Waals surface area contributed by atoms with Crippen LogP contribution >= 0.6 is 0 Å². The summed E-state index contributed by atoms with van der Waals surface area (Å²) in [5.74, 6) is 0. The molecule has 0 saturated carbocycles. The molecule has 0 rings (SSSR count). The predicted octanol–water partition coefficient (Wildman–Crippen LogP) is 1.58. The third-order valence-corrected chi connectivity index (χ3v) is 0.500. The molecular formula is C7H23NO. The van der Waals surface area contributed by atoms with E-state index >= 15 is 0 Å². The van der Waals surface area contributed by atoms with Crippen LogP contribution in [0.15, 0.2) is 0 Å². The molecule has 0 saturated heterocycles. The molecule has 0 fully saturated rings. The van der Waals surface area contributed by atoms with Gasteiger partial charge >= 0.3 is 0 Å². The highest BCUT2D eigenvalue weighted by molar-refractivity contribution is 4.12. The number of rotatable bonds is 1. The quantitative estimate of drug-likeness (QED) is 0.586. The zero-order valence-electron chi connectivity index (χ0n) is 7.49. The summed E-state index contributed by atoms with van der Waals surface area (Å²) in [6.07, 6.45) is 2.64. The lowest BCUT2D eigenvalue weighted by Crippen LogP contribution is -1.69. The summed E-state index contributed by atoms with van der Waals surface area (Å²) in [4.78, 5) is 0. The second-order valence-electron chi connectivity index (χ2n) is 1.000. The predicted molar refractivity (Wildman–Crippen MR) is 45.7 cm³/mol. The SMILES string of the molecule is CC.CCCC.CN.O. The second-order valence-corrected chi connectivity index (χ2v) is 1.000. The molecule has 2 heteroatoms. The van der Waals surface area contributed by atoms with E-state index in [1.165, 1.54) is 19.9 Å². The maximum atomic E-state index is 4.50. The highest BCUT2D eigenvalue weighted by Gasteiger charge is 1.56. The molecule has 0 aliphatic carbocycles. The van der Waals surface area contributed by atoms with Gasteiger partial charge < -0.3 is 11.2 Å². The maximum absolute atomic E-state index is 4.50. The van der Waals surface area contributed by atoms with Gasteiger partial charge in [-0.2, -0.15) is 0 Å². The third kappa shape index (κ3) is 328. The van der Waals surface area contributed by atoms with Gasteiger partial charge in [-0.1, -0.05) is 40.5 Å². The van der Waals surface area contributed by atoms with Crippen molar-refractivity contribution in [1.29, 1.82) is 0 Å². The first-order chi connectivity index (χ1) is 3.91. The number of nitrogens with two attached hydrogens (primary N) is 1. The largest absolute Gasteiger partial charge is 0.412 e. The fourth-order valence-corrected chi connectivity index (χ4v) is 0. The van der Waals surface area contributed by atoms with Crippen molar-refractivity contribution in [2.45, 2.75) is 40.5 Å². The molecule has 0 aliphatic rings. The molecule has 0 aliphatic heterocycles. The van der Waals surface area contributed by atoms with Crippen molar-refractivity contribution in [3.8, 4) is 0 Å². The van der Waals surface area contributed by atoms with Gasteiger partial charge in [0.25, 0.3) is 0 Å². The van der Waals surface area contributed by atoms with Crippen LogP contribution in [0.4, 0.5) is 0 Å². The fraction of sp³-hybridized carbons (Fsp3) is 1.00. The highest BCUT2D eigenvalue weighted by atomic mass is 16.0. The first kappa shape index (κ1) is 23.1. The second kappa shape index (κ2) is 103. The van der Waals surface area contributed by atoms with Gasteiger partial charge in [0.05, 0.1) is 0 Å². The summed E-state index contributed by atoms with van der Waals surface area (Å²) >= 11 is 0. The standard InChI is InChI=1S/C4H10.C2H6.CH5N.H2O/c1-3-4-2;2*1-2;/h3-4H2,1-2H3;1-2H3;2H2,1H3;1H2. The minimum Gasteiger partial charge on any atom is -0.412 e. The molecule has 0 atom stereocenters. The van der Waals surface area contributed by atoms with Gasteiger partial charge in [-0.3, -0.25) is 0 Å². The number of hydrogen-bond acceptors (Lipinski definition) is 1. The van der Waals surface area contributed by atoms with Crippen molar-refractivity contribution in [1.82, 2.24) is 0 Å². The Kier molecular flexibility index (Phi) is 264. The Morgan fingerprint density at radius 1 is 0.889 bits per heavy atom. The number of unbranched alkanes of at least 4 members (excludes halogenated alkanes) is 1. The Bertz CT molecular complexity index is 10.9. The van der Waals surface area contributed by atoms with E-state index in [0.717, 1.165) is 0 Å². The molecule has 0 aromatic carbocycles. The van der Waals surface area contributed by atoms with E-state index in [1.807, 2.05) is 13.8 Å². The van der Waals surface area contributed by atoms with Gasteiger partial charge in [-0.15, -0.1) is 0 Å².